The molecule has 2 N–H and O–H groups in total. The van der Waals surface area contributed by atoms with Crippen molar-refractivity contribution >= 4 is 17.2 Å². The molecule has 0 spiro atoms. The van der Waals surface area contributed by atoms with Crippen LogP contribution in [0.4, 0.5) is 0 Å². The molecule has 0 aliphatic carbocycles. The molecule has 0 bridgehead atoms. The molecular formula is C12H18N2OS. The fourth-order valence-corrected chi connectivity index (χ4v) is 2.89. The van der Waals surface area contributed by atoms with Gasteiger partial charge in [0.15, 0.2) is 0 Å². The Labute approximate surface area is 100 Å². The Kier molecular flexibility index (Phi) is 3.96. The molecule has 1 aliphatic heterocycles. The maximum Gasteiger partial charge on any atom is 0.224 e. The Morgan fingerprint density at radius 1 is 1.69 bits per heavy atom. The highest BCUT2D eigenvalue weighted by atomic mass is 32.1. The fourth-order valence-electron chi connectivity index (χ4n) is 1.98. The topological polar surface area (TPSA) is 41.1 Å². The summed E-state index contributed by atoms with van der Waals surface area (Å²) in [5.41, 5.74) is 1.33. The highest BCUT2D eigenvalue weighted by molar-refractivity contribution is 7.10. The van der Waals surface area contributed by atoms with Gasteiger partial charge >= 0.3 is 0 Å². The lowest BCUT2D eigenvalue weighted by Gasteiger charge is -2.09. The van der Waals surface area contributed by atoms with Crippen LogP contribution in [0.1, 0.15) is 16.9 Å². The van der Waals surface area contributed by atoms with E-state index in [9.17, 15) is 4.79 Å². The van der Waals surface area contributed by atoms with E-state index in [-0.39, 0.29) is 11.8 Å². The Hall–Kier alpha value is -0.870. The van der Waals surface area contributed by atoms with Crippen molar-refractivity contribution in [2.75, 3.05) is 19.6 Å². The molecule has 4 heteroatoms. The Morgan fingerprint density at radius 3 is 3.19 bits per heavy atom. The van der Waals surface area contributed by atoms with E-state index in [1.807, 2.05) is 0 Å². The third-order valence-corrected chi connectivity index (χ3v) is 4.13. The first kappa shape index (κ1) is 11.6. The highest BCUT2D eigenvalue weighted by Crippen LogP contribution is 2.15. The summed E-state index contributed by atoms with van der Waals surface area (Å²) in [7, 11) is 0. The summed E-state index contributed by atoms with van der Waals surface area (Å²) in [4.78, 5) is 13.1. The minimum Gasteiger partial charge on any atom is -0.355 e. The minimum atomic E-state index is 0.185. The van der Waals surface area contributed by atoms with Gasteiger partial charge in [0.2, 0.25) is 5.91 Å². The first-order chi connectivity index (χ1) is 7.77. The molecule has 0 saturated carbocycles. The second-order valence-corrected chi connectivity index (χ2v) is 5.26. The van der Waals surface area contributed by atoms with Crippen LogP contribution in [-0.4, -0.2) is 25.5 Å². The fraction of sp³-hybridized carbons (Fsp3) is 0.583. The van der Waals surface area contributed by atoms with Gasteiger partial charge in [-0.2, -0.15) is 0 Å². The smallest absolute Gasteiger partial charge is 0.224 e. The molecule has 1 amide bonds. The molecule has 3 nitrogen and oxygen atoms in total. The van der Waals surface area contributed by atoms with Crippen molar-refractivity contribution < 1.29 is 4.79 Å². The molecule has 2 rings (SSSR count). The number of carbonyl (C=O) groups is 1. The molecule has 1 aliphatic rings. The van der Waals surface area contributed by atoms with Crippen molar-refractivity contribution in [2.45, 2.75) is 19.8 Å². The number of amides is 1. The quantitative estimate of drug-likeness (QED) is 0.831. The molecule has 1 aromatic rings. The van der Waals surface area contributed by atoms with Crippen LogP contribution in [0.15, 0.2) is 11.4 Å². The van der Waals surface area contributed by atoms with Crippen LogP contribution in [0.25, 0.3) is 0 Å². The van der Waals surface area contributed by atoms with Gasteiger partial charge < -0.3 is 10.6 Å². The van der Waals surface area contributed by atoms with Crippen LogP contribution < -0.4 is 10.6 Å². The summed E-state index contributed by atoms with van der Waals surface area (Å²) >= 11 is 1.77. The lowest BCUT2D eigenvalue weighted by molar-refractivity contribution is -0.124. The molecule has 1 unspecified atom stereocenters. The molecule has 2 heterocycles. The number of carbonyl (C=O) groups excluding carboxylic acids is 1. The molecule has 0 aromatic carbocycles. The van der Waals surface area contributed by atoms with Gasteiger partial charge in [-0.15, -0.1) is 11.3 Å². The summed E-state index contributed by atoms with van der Waals surface area (Å²) in [6, 6.07) is 2.13. The van der Waals surface area contributed by atoms with Gasteiger partial charge in [0, 0.05) is 18.0 Å². The zero-order valence-corrected chi connectivity index (χ0v) is 10.4. The largest absolute Gasteiger partial charge is 0.355 e. The van der Waals surface area contributed by atoms with Crippen LogP contribution in [0, 0.1) is 12.8 Å². The highest BCUT2D eigenvalue weighted by Gasteiger charge is 2.21. The third kappa shape index (κ3) is 2.83. The summed E-state index contributed by atoms with van der Waals surface area (Å²) in [5, 5.41) is 8.33. The Morgan fingerprint density at radius 2 is 2.56 bits per heavy atom. The second kappa shape index (κ2) is 5.46. The molecule has 1 atom stereocenters. The van der Waals surface area contributed by atoms with Crippen LogP contribution >= 0.6 is 11.3 Å². The van der Waals surface area contributed by atoms with E-state index in [4.69, 9.17) is 0 Å². The van der Waals surface area contributed by atoms with Crippen LogP contribution in [0.2, 0.25) is 0 Å². The van der Waals surface area contributed by atoms with Gasteiger partial charge in [-0.05, 0) is 43.3 Å². The van der Waals surface area contributed by atoms with E-state index < -0.39 is 0 Å². The second-order valence-electron chi connectivity index (χ2n) is 4.26. The van der Waals surface area contributed by atoms with Gasteiger partial charge in [-0.25, -0.2) is 0 Å². The van der Waals surface area contributed by atoms with Crippen molar-refractivity contribution in [3.05, 3.63) is 21.9 Å². The third-order valence-electron chi connectivity index (χ3n) is 3.05. The van der Waals surface area contributed by atoms with Crippen LogP contribution in [-0.2, 0) is 11.2 Å². The van der Waals surface area contributed by atoms with E-state index in [1.165, 1.54) is 10.4 Å². The lowest BCUT2D eigenvalue weighted by Crippen LogP contribution is -2.33. The minimum absolute atomic E-state index is 0.185. The normalized spacial score (nSPS) is 19.9. The molecule has 1 fully saturated rings. The molecule has 1 aromatic heterocycles. The van der Waals surface area contributed by atoms with Gasteiger partial charge in [0.25, 0.3) is 0 Å². The van der Waals surface area contributed by atoms with E-state index in [0.717, 1.165) is 32.5 Å². The summed E-state index contributed by atoms with van der Waals surface area (Å²) < 4.78 is 0. The standard InChI is InChI=1S/C12H18N2OS/c1-9-4-7-16-11(9)3-6-14-12(15)10-2-5-13-8-10/h4,7,10,13H,2-3,5-6,8H2,1H3,(H,14,15). The Bertz CT molecular complexity index is 356. The van der Waals surface area contributed by atoms with Crippen molar-refractivity contribution in [1.29, 1.82) is 0 Å². The molecular weight excluding hydrogens is 220 g/mol. The zero-order valence-electron chi connectivity index (χ0n) is 9.58. The summed E-state index contributed by atoms with van der Waals surface area (Å²) in [6.45, 7) is 4.69. The van der Waals surface area contributed by atoms with Gasteiger partial charge in [0.1, 0.15) is 0 Å². The molecule has 0 radical (unpaired) electrons. The number of nitrogens with one attached hydrogen (secondary N) is 2. The number of thiophene rings is 1. The number of hydrogen-bond acceptors (Lipinski definition) is 3. The monoisotopic (exact) mass is 238 g/mol. The SMILES string of the molecule is Cc1ccsc1CCNC(=O)C1CCNC1. The van der Waals surface area contributed by atoms with Crippen LogP contribution in [0.3, 0.4) is 0 Å². The van der Waals surface area contributed by atoms with Gasteiger partial charge in [0.05, 0.1) is 5.92 Å². The van der Waals surface area contributed by atoms with E-state index in [1.54, 1.807) is 11.3 Å². The molecule has 88 valence electrons. The summed E-state index contributed by atoms with van der Waals surface area (Å²) in [5.74, 6) is 0.392. The predicted octanol–water partition coefficient (Wildman–Crippen LogP) is 1.32. The number of rotatable bonds is 4. The predicted molar refractivity (Wildman–Crippen MR) is 66.7 cm³/mol. The maximum atomic E-state index is 11.7. The van der Waals surface area contributed by atoms with Crippen molar-refractivity contribution in [3.8, 4) is 0 Å². The average molecular weight is 238 g/mol. The molecule has 16 heavy (non-hydrogen) atoms. The zero-order chi connectivity index (χ0) is 11.4. The number of hydrogen-bond donors (Lipinski definition) is 2. The number of aryl methyl sites for hydroxylation is 1. The van der Waals surface area contributed by atoms with E-state index in [2.05, 4.69) is 29.0 Å². The molecule has 1 saturated heterocycles. The van der Waals surface area contributed by atoms with Crippen molar-refractivity contribution in [2.24, 2.45) is 5.92 Å². The van der Waals surface area contributed by atoms with E-state index >= 15 is 0 Å². The van der Waals surface area contributed by atoms with Gasteiger partial charge in [-0.3, -0.25) is 4.79 Å². The maximum absolute atomic E-state index is 11.7. The lowest BCUT2D eigenvalue weighted by atomic mass is 10.1. The van der Waals surface area contributed by atoms with Gasteiger partial charge in [-0.1, -0.05) is 0 Å². The first-order valence-electron chi connectivity index (χ1n) is 5.79. The van der Waals surface area contributed by atoms with Crippen molar-refractivity contribution in [3.63, 3.8) is 0 Å². The van der Waals surface area contributed by atoms with E-state index in [0.29, 0.717) is 0 Å². The summed E-state index contributed by atoms with van der Waals surface area (Å²) in [6.07, 6.45) is 1.93. The average Bonchev–Trinajstić information content (AvgIpc) is 2.90. The Balaban J connectivity index is 1.71. The van der Waals surface area contributed by atoms with Crippen molar-refractivity contribution in [1.82, 2.24) is 10.6 Å². The van der Waals surface area contributed by atoms with Crippen LogP contribution in [0.5, 0.6) is 0 Å². The first-order valence-corrected chi connectivity index (χ1v) is 6.66.